The first kappa shape index (κ1) is 17.6. The monoisotopic (exact) mass is 363 g/mol. The van der Waals surface area contributed by atoms with Crippen LogP contribution < -0.4 is 9.47 Å². The van der Waals surface area contributed by atoms with E-state index in [9.17, 15) is 14.9 Å². The van der Waals surface area contributed by atoms with Gasteiger partial charge in [0.15, 0.2) is 18.5 Å². The third kappa shape index (κ3) is 4.08. The van der Waals surface area contributed by atoms with Gasteiger partial charge in [-0.25, -0.2) is 4.79 Å². The lowest BCUT2D eigenvalue weighted by atomic mass is 10.3. The number of nitro groups is 1. The number of hydrogen-bond acceptors (Lipinski definition) is 9. The van der Waals surface area contributed by atoms with Crippen molar-refractivity contribution in [2.24, 2.45) is 0 Å². The van der Waals surface area contributed by atoms with E-state index in [-0.39, 0.29) is 29.7 Å². The summed E-state index contributed by atoms with van der Waals surface area (Å²) in [6.07, 6.45) is 1.39. The molecule has 1 aromatic heterocycles. The van der Waals surface area contributed by atoms with E-state index in [0.717, 1.165) is 12.8 Å². The van der Waals surface area contributed by atoms with Gasteiger partial charge in [-0.05, 0) is 25.8 Å². The second kappa shape index (κ2) is 7.38. The molecule has 2 aromatic rings. The van der Waals surface area contributed by atoms with Crippen LogP contribution in [0.1, 0.15) is 43.5 Å². The predicted molar refractivity (Wildman–Crippen MR) is 85.9 cm³/mol. The first-order chi connectivity index (χ1) is 12.5. The Kier molecular flexibility index (Phi) is 5.01. The molecule has 3 rings (SSSR count). The van der Waals surface area contributed by atoms with Gasteiger partial charge in [0.1, 0.15) is 5.75 Å². The highest BCUT2D eigenvalue weighted by molar-refractivity contribution is 5.71. The number of nitro benzene ring substituents is 1. The summed E-state index contributed by atoms with van der Waals surface area (Å²) in [7, 11) is 1.31. The highest BCUT2D eigenvalue weighted by Gasteiger charge is 2.30. The molecule has 0 amide bonds. The van der Waals surface area contributed by atoms with Gasteiger partial charge >= 0.3 is 11.7 Å². The first-order valence-corrected chi connectivity index (χ1v) is 7.96. The Morgan fingerprint density at radius 3 is 2.88 bits per heavy atom. The SMILES string of the molecule is COc1cc(OCC(=O)OC(C)c2nc(C3CC3)no2)ccc1[N+](=O)[O-]. The fourth-order valence-electron chi connectivity index (χ4n) is 2.24. The summed E-state index contributed by atoms with van der Waals surface area (Å²) in [5.74, 6) is 0.852. The lowest BCUT2D eigenvalue weighted by Crippen LogP contribution is -2.17. The highest BCUT2D eigenvalue weighted by Crippen LogP contribution is 2.38. The van der Waals surface area contributed by atoms with E-state index in [4.69, 9.17) is 18.7 Å². The zero-order valence-electron chi connectivity index (χ0n) is 14.2. The minimum absolute atomic E-state index is 0.0349. The molecule has 1 saturated carbocycles. The minimum Gasteiger partial charge on any atom is -0.490 e. The number of hydrogen-bond donors (Lipinski definition) is 0. The van der Waals surface area contributed by atoms with E-state index >= 15 is 0 Å². The van der Waals surface area contributed by atoms with Crippen molar-refractivity contribution in [2.75, 3.05) is 13.7 Å². The van der Waals surface area contributed by atoms with Crippen LogP contribution in [-0.4, -0.2) is 34.7 Å². The number of esters is 1. The van der Waals surface area contributed by atoms with Crippen LogP contribution in [0, 0.1) is 10.1 Å². The third-order valence-corrected chi connectivity index (χ3v) is 3.76. The highest BCUT2D eigenvalue weighted by atomic mass is 16.6. The Hall–Kier alpha value is -3.17. The lowest BCUT2D eigenvalue weighted by Gasteiger charge is -2.10. The lowest BCUT2D eigenvalue weighted by molar-refractivity contribution is -0.385. The van der Waals surface area contributed by atoms with Crippen molar-refractivity contribution in [1.29, 1.82) is 0 Å². The van der Waals surface area contributed by atoms with Gasteiger partial charge in [0.25, 0.3) is 5.89 Å². The summed E-state index contributed by atoms with van der Waals surface area (Å²) in [5.41, 5.74) is -0.195. The van der Waals surface area contributed by atoms with Crippen LogP contribution >= 0.6 is 0 Å². The molecule has 1 aromatic carbocycles. The van der Waals surface area contributed by atoms with E-state index in [1.54, 1.807) is 6.92 Å². The summed E-state index contributed by atoms with van der Waals surface area (Å²) >= 11 is 0. The van der Waals surface area contributed by atoms with Crippen molar-refractivity contribution in [2.45, 2.75) is 31.8 Å². The van der Waals surface area contributed by atoms with Crippen molar-refractivity contribution in [3.63, 3.8) is 0 Å². The van der Waals surface area contributed by atoms with Crippen molar-refractivity contribution in [1.82, 2.24) is 10.1 Å². The van der Waals surface area contributed by atoms with Gasteiger partial charge in [-0.3, -0.25) is 10.1 Å². The molecule has 1 aliphatic rings. The van der Waals surface area contributed by atoms with Gasteiger partial charge in [0, 0.05) is 18.1 Å². The molecule has 0 N–H and O–H groups in total. The molecular formula is C16H17N3O7. The van der Waals surface area contributed by atoms with E-state index in [0.29, 0.717) is 11.7 Å². The summed E-state index contributed by atoms with van der Waals surface area (Å²) in [6.45, 7) is 1.24. The van der Waals surface area contributed by atoms with Gasteiger partial charge < -0.3 is 18.7 Å². The van der Waals surface area contributed by atoms with Crippen molar-refractivity contribution in [3.8, 4) is 11.5 Å². The molecule has 138 valence electrons. The van der Waals surface area contributed by atoms with E-state index in [2.05, 4.69) is 10.1 Å². The fraction of sp³-hybridized carbons (Fsp3) is 0.438. The van der Waals surface area contributed by atoms with E-state index in [1.807, 2.05) is 0 Å². The molecule has 10 heteroatoms. The number of carbonyl (C=O) groups excluding carboxylic acids is 1. The number of ether oxygens (including phenoxy) is 3. The molecule has 0 bridgehead atoms. The van der Waals surface area contributed by atoms with Gasteiger partial charge in [-0.2, -0.15) is 4.98 Å². The molecule has 1 atom stereocenters. The Morgan fingerprint density at radius 1 is 1.46 bits per heavy atom. The Morgan fingerprint density at radius 2 is 2.23 bits per heavy atom. The zero-order chi connectivity index (χ0) is 18.7. The zero-order valence-corrected chi connectivity index (χ0v) is 14.2. The molecule has 1 unspecified atom stereocenters. The minimum atomic E-state index is -0.697. The molecule has 1 aliphatic carbocycles. The molecule has 0 radical (unpaired) electrons. The van der Waals surface area contributed by atoms with Gasteiger partial charge in [-0.15, -0.1) is 0 Å². The second-order valence-corrected chi connectivity index (χ2v) is 5.78. The number of carbonyl (C=O) groups is 1. The summed E-state index contributed by atoms with van der Waals surface area (Å²) < 4.78 is 20.5. The van der Waals surface area contributed by atoms with Crippen molar-refractivity contribution < 1.29 is 28.5 Å². The smallest absolute Gasteiger partial charge is 0.344 e. The van der Waals surface area contributed by atoms with Gasteiger partial charge in [0.2, 0.25) is 5.75 Å². The molecule has 1 heterocycles. The predicted octanol–water partition coefficient (Wildman–Crippen LogP) is 2.55. The maximum Gasteiger partial charge on any atom is 0.344 e. The number of rotatable bonds is 8. The molecule has 1 fully saturated rings. The normalized spacial score (nSPS) is 14.5. The molecular weight excluding hydrogens is 346 g/mol. The largest absolute Gasteiger partial charge is 0.490 e. The Balaban J connectivity index is 1.53. The Bertz CT molecular complexity index is 816. The quantitative estimate of drug-likeness (QED) is 0.395. The summed E-state index contributed by atoms with van der Waals surface area (Å²) in [6, 6.07) is 3.94. The average molecular weight is 363 g/mol. The molecule has 26 heavy (non-hydrogen) atoms. The summed E-state index contributed by atoms with van der Waals surface area (Å²) in [5, 5.41) is 14.7. The van der Waals surface area contributed by atoms with E-state index in [1.165, 1.54) is 25.3 Å². The Labute approximate surface area is 148 Å². The van der Waals surface area contributed by atoms with Crippen LogP contribution in [-0.2, 0) is 9.53 Å². The second-order valence-electron chi connectivity index (χ2n) is 5.78. The van der Waals surface area contributed by atoms with Crippen LogP contribution in [0.2, 0.25) is 0 Å². The number of benzene rings is 1. The van der Waals surface area contributed by atoms with Crippen LogP contribution in [0.15, 0.2) is 22.7 Å². The van der Waals surface area contributed by atoms with Crippen LogP contribution in [0.3, 0.4) is 0 Å². The molecule has 0 aliphatic heterocycles. The molecule has 0 spiro atoms. The van der Waals surface area contributed by atoms with E-state index < -0.39 is 17.0 Å². The van der Waals surface area contributed by atoms with Crippen LogP contribution in [0.4, 0.5) is 5.69 Å². The third-order valence-electron chi connectivity index (χ3n) is 3.76. The standard InChI is InChI=1S/C16H17N3O7/c1-9(16-17-15(18-26-16)10-3-4-10)25-14(20)8-24-11-5-6-12(19(21)22)13(7-11)23-2/h5-7,9-10H,3-4,8H2,1-2H3. The van der Waals surface area contributed by atoms with Crippen molar-refractivity contribution >= 4 is 11.7 Å². The topological polar surface area (TPSA) is 127 Å². The van der Waals surface area contributed by atoms with Gasteiger partial charge in [0.05, 0.1) is 12.0 Å². The van der Waals surface area contributed by atoms with Gasteiger partial charge in [-0.1, -0.05) is 5.16 Å². The maximum absolute atomic E-state index is 11.9. The first-order valence-electron chi connectivity index (χ1n) is 7.96. The number of aromatic nitrogens is 2. The number of methoxy groups -OCH3 is 1. The average Bonchev–Trinajstić information content (AvgIpc) is 3.36. The van der Waals surface area contributed by atoms with Crippen LogP contribution in [0.25, 0.3) is 0 Å². The van der Waals surface area contributed by atoms with Crippen LogP contribution in [0.5, 0.6) is 11.5 Å². The van der Waals surface area contributed by atoms with Crippen molar-refractivity contribution in [3.05, 3.63) is 40.0 Å². The maximum atomic E-state index is 11.9. The summed E-state index contributed by atoms with van der Waals surface area (Å²) in [4.78, 5) is 26.4. The molecule has 10 nitrogen and oxygen atoms in total. The molecule has 0 saturated heterocycles. The number of nitrogens with zero attached hydrogens (tertiary/aromatic N) is 3. The fourth-order valence-corrected chi connectivity index (χ4v) is 2.24.